The van der Waals surface area contributed by atoms with E-state index in [2.05, 4.69) is 26.0 Å². The van der Waals surface area contributed by atoms with Gasteiger partial charge in [-0.05, 0) is 48.1 Å². The Balaban J connectivity index is 1.89. The van der Waals surface area contributed by atoms with E-state index in [1.807, 2.05) is 6.07 Å². The van der Waals surface area contributed by atoms with Crippen LogP contribution < -0.4 is 0 Å². The molecule has 1 aliphatic carbocycles. The van der Waals surface area contributed by atoms with Crippen LogP contribution in [0.25, 0.3) is 0 Å². The summed E-state index contributed by atoms with van der Waals surface area (Å²) in [5.74, 6) is 2.72. The van der Waals surface area contributed by atoms with Crippen molar-refractivity contribution in [3.63, 3.8) is 0 Å². The second-order valence-electron chi connectivity index (χ2n) is 5.29. The molecule has 18 heavy (non-hydrogen) atoms. The minimum atomic E-state index is 0.290. The van der Waals surface area contributed by atoms with Gasteiger partial charge in [-0.1, -0.05) is 32.4 Å². The van der Waals surface area contributed by atoms with E-state index in [-0.39, 0.29) is 5.78 Å². The molecule has 0 aromatic heterocycles. The van der Waals surface area contributed by atoms with E-state index in [1.54, 1.807) is 11.8 Å². The van der Waals surface area contributed by atoms with Crippen LogP contribution >= 0.6 is 11.8 Å². The van der Waals surface area contributed by atoms with Crippen molar-refractivity contribution in [3.05, 3.63) is 34.9 Å². The minimum absolute atomic E-state index is 0.290. The normalized spacial score (nSPS) is 15.4. The van der Waals surface area contributed by atoms with Crippen LogP contribution in [0.15, 0.2) is 18.2 Å². The molecule has 0 saturated heterocycles. The van der Waals surface area contributed by atoms with Gasteiger partial charge < -0.3 is 0 Å². The Morgan fingerprint density at radius 2 is 2.11 bits per heavy atom. The summed E-state index contributed by atoms with van der Waals surface area (Å²) in [4.78, 5) is 12.1. The number of hydrogen-bond donors (Lipinski definition) is 0. The molecule has 98 valence electrons. The van der Waals surface area contributed by atoms with Gasteiger partial charge in [-0.25, -0.2) is 0 Å². The molecule has 1 unspecified atom stereocenters. The largest absolute Gasteiger partial charge is 0.293 e. The van der Waals surface area contributed by atoms with Gasteiger partial charge in [-0.3, -0.25) is 4.79 Å². The second-order valence-corrected chi connectivity index (χ2v) is 6.32. The lowest BCUT2D eigenvalue weighted by atomic mass is 10.0. The van der Waals surface area contributed by atoms with Crippen LogP contribution in [0.3, 0.4) is 0 Å². The highest BCUT2D eigenvalue weighted by Crippen LogP contribution is 2.23. The molecule has 0 saturated carbocycles. The molecule has 1 aliphatic rings. The molecule has 2 rings (SSSR count). The molecular weight excluding hydrogens is 240 g/mol. The van der Waals surface area contributed by atoms with Crippen molar-refractivity contribution < 1.29 is 4.79 Å². The van der Waals surface area contributed by atoms with Crippen LogP contribution in [-0.4, -0.2) is 17.3 Å². The Morgan fingerprint density at radius 1 is 1.33 bits per heavy atom. The average Bonchev–Trinajstić information content (AvgIpc) is 2.85. The Kier molecular flexibility index (Phi) is 4.87. The summed E-state index contributed by atoms with van der Waals surface area (Å²) >= 11 is 1.77. The highest BCUT2D eigenvalue weighted by molar-refractivity contribution is 7.99. The molecule has 0 aliphatic heterocycles. The molecule has 1 aromatic carbocycles. The summed E-state index contributed by atoms with van der Waals surface area (Å²) in [7, 11) is 0. The zero-order chi connectivity index (χ0) is 13.0. The number of Topliss-reactive ketones (excluding diaryl/α,β-unsaturated/α-hetero) is 1. The number of fused-ring (bicyclic) bond motifs is 1. The van der Waals surface area contributed by atoms with Gasteiger partial charge in [0.1, 0.15) is 0 Å². The first-order chi connectivity index (χ1) is 8.70. The van der Waals surface area contributed by atoms with Gasteiger partial charge in [-0.15, -0.1) is 0 Å². The number of thioether (sulfide) groups is 1. The fraction of sp³-hybridized carbons (Fsp3) is 0.562. The smallest absolute Gasteiger partial charge is 0.172 e. The van der Waals surface area contributed by atoms with Crippen LogP contribution in [0.4, 0.5) is 0 Å². The van der Waals surface area contributed by atoms with Crippen molar-refractivity contribution in [2.24, 2.45) is 5.92 Å². The van der Waals surface area contributed by atoms with Gasteiger partial charge in [0.25, 0.3) is 0 Å². The molecule has 2 heteroatoms. The maximum absolute atomic E-state index is 12.1. The lowest BCUT2D eigenvalue weighted by molar-refractivity contribution is 0.102. The molecular formula is C16H22OS. The van der Waals surface area contributed by atoms with E-state index < -0.39 is 0 Å². The number of ketones is 1. The van der Waals surface area contributed by atoms with Gasteiger partial charge in [0.15, 0.2) is 5.78 Å². The molecule has 0 amide bonds. The molecule has 1 nitrogen and oxygen atoms in total. The lowest BCUT2D eigenvalue weighted by Crippen LogP contribution is -2.06. The van der Waals surface area contributed by atoms with Crippen LogP contribution in [0.5, 0.6) is 0 Å². The van der Waals surface area contributed by atoms with E-state index in [0.717, 1.165) is 17.7 Å². The standard InChI is InChI=1S/C16H22OS/c1-3-12(2)10-18-11-16(17)15-8-7-13-5-4-6-14(13)9-15/h7-9,12H,3-6,10-11H2,1-2H3. The summed E-state index contributed by atoms with van der Waals surface area (Å²) in [5, 5.41) is 0. The van der Waals surface area contributed by atoms with Crippen LogP contribution in [0.2, 0.25) is 0 Å². The van der Waals surface area contributed by atoms with Gasteiger partial charge in [-0.2, -0.15) is 11.8 Å². The monoisotopic (exact) mass is 262 g/mol. The predicted octanol–water partition coefficient (Wildman–Crippen LogP) is 4.14. The predicted molar refractivity (Wildman–Crippen MR) is 79.6 cm³/mol. The van der Waals surface area contributed by atoms with E-state index in [0.29, 0.717) is 11.7 Å². The Bertz CT molecular complexity index is 425. The third-order valence-electron chi connectivity index (χ3n) is 3.75. The van der Waals surface area contributed by atoms with Gasteiger partial charge in [0.05, 0.1) is 5.75 Å². The summed E-state index contributed by atoms with van der Waals surface area (Å²) in [6, 6.07) is 6.28. The number of aryl methyl sites for hydroxylation is 2. The summed E-state index contributed by atoms with van der Waals surface area (Å²) in [5.41, 5.74) is 3.75. The van der Waals surface area contributed by atoms with Gasteiger partial charge in [0.2, 0.25) is 0 Å². The van der Waals surface area contributed by atoms with Crippen LogP contribution in [0, 0.1) is 5.92 Å². The van der Waals surface area contributed by atoms with Crippen molar-refractivity contribution in [1.82, 2.24) is 0 Å². The zero-order valence-corrected chi connectivity index (χ0v) is 12.2. The van der Waals surface area contributed by atoms with Crippen LogP contribution in [-0.2, 0) is 12.8 Å². The van der Waals surface area contributed by atoms with Gasteiger partial charge in [0, 0.05) is 5.56 Å². The number of benzene rings is 1. The Morgan fingerprint density at radius 3 is 2.89 bits per heavy atom. The molecule has 0 radical (unpaired) electrons. The maximum atomic E-state index is 12.1. The molecule has 0 heterocycles. The molecule has 1 aromatic rings. The highest BCUT2D eigenvalue weighted by Gasteiger charge is 2.14. The maximum Gasteiger partial charge on any atom is 0.172 e. The fourth-order valence-electron chi connectivity index (χ4n) is 2.30. The number of carbonyl (C=O) groups excluding carboxylic acids is 1. The average molecular weight is 262 g/mol. The molecule has 0 fully saturated rings. The highest BCUT2D eigenvalue weighted by atomic mass is 32.2. The van der Waals surface area contributed by atoms with E-state index >= 15 is 0 Å². The van der Waals surface area contributed by atoms with Crippen molar-refractivity contribution in [1.29, 1.82) is 0 Å². The third-order valence-corrected chi connectivity index (χ3v) is 5.02. The summed E-state index contributed by atoms with van der Waals surface area (Å²) in [6.45, 7) is 4.44. The van der Waals surface area contributed by atoms with Crippen LogP contribution in [0.1, 0.15) is 48.2 Å². The van der Waals surface area contributed by atoms with E-state index in [1.165, 1.54) is 30.4 Å². The lowest BCUT2D eigenvalue weighted by Gasteiger charge is -2.08. The first-order valence-corrected chi connectivity index (χ1v) is 8.09. The topological polar surface area (TPSA) is 17.1 Å². The SMILES string of the molecule is CCC(C)CSCC(=O)c1ccc2c(c1)CCC2. The van der Waals surface area contributed by atoms with E-state index in [9.17, 15) is 4.79 Å². The minimum Gasteiger partial charge on any atom is -0.293 e. The first kappa shape index (κ1) is 13.7. The summed E-state index contributed by atoms with van der Waals surface area (Å²) in [6.07, 6.45) is 4.78. The number of hydrogen-bond acceptors (Lipinski definition) is 2. The fourth-order valence-corrected chi connectivity index (χ4v) is 3.41. The van der Waals surface area contributed by atoms with Gasteiger partial charge >= 0.3 is 0 Å². The second kappa shape index (κ2) is 6.42. The molecule has 0 bridgehead atoms. The molecule has 1 atom stereocenters. The quantitative estimate of drug-likeness (QED) is 0.717. The molecule has 0 spiro atoms. The molecule has 0 N–H and O–H groups in total. The first-order valence-electron chi connectivity index (χ1n) is 6.93. The van der Waals surface area contributed by atoms with Crippen molar-refractivity contribution >= 4 is 17.5 Å². The number of carbonyl (C=O) groups is 1. The van der Waals surface area contributed by atoms with Crippen molar-refractivity contribution in [2.75, 3.05) is 11.5 Å². The third kappa shape index (κ3) is 3.38. The summed E-state index contributed by atoms with van der Waals surface area (Å²) < 4.78 is 0. The Hall–Kier alpha value is -0.760. The zero-order valence-electron chi connectivity index (χ0n) is 11.4. The van der Waals surface area contributed by atoms with Crippen molar-refractivity contribution in [2.45, 2.75) is 39.5 Å². The van der Waals surface area contributed by atoms with E-state index in [4.69, 9.17) is 0 Å². The Labute approximate surface area is 114 Å². The van der Waals surface area contributed by atoms with Crippen molar-refractivity contribution in [3.8, 4) is 0 Å². The number of rotatable bonds is 6.